The zero-order chi connectivity index (χ0) is 32.1. The van der Waals surface area contributed by atoms with E-state index in [0.717, 1.165) is 29.2 Å². The van der Waals surface area contributed by atoms with Crippen LogP contribution < -0.4 is 0 Å². The first kappa shape index (κ1) is 35.9. The van der Waals surface area contributed by atoms with E-state index in [9.17, 15) is 40.3 Å². The smallest absolute Gasteiger partial charge is 0.416 e. The van der Waals surface area contributed by atoms with Gasteiger partial charge < -0.3 is 14.7 Å². The van der Waals surface area contributed by atoms with E-state index < -0.39 is 47.8 Å². The highest BCUT2D eigenvalue weighted by Crippen LogP contribution is 2.32. The third kappa shape index (κ3) is 12.6. The molecular formula is C30H32F7NO4. The van der Waals surface area contributed by atoms with Crippen molar-refractivity contribution < 1.29 is 50.2 Å². The van der Waals surface area contributed by atoms with Gasteiger partial charge in [0, 0.05) is 18.7 Å². The molecule has 0 atom stereocenters. The summed E-state index contributed by atoms with van der Waals surface area (Å²) < 4.78 is 97.6. The molecule has 5 nitrogen and oxygen atoms in total. The molecule has 1 amide bonds. The van der Waals surface area contributed by atoms with Crippen LogP contribution in [0.4, 0.5) is 35.5 Å². The number of carboxylic acid groups (broad SMARTS) is 1. The highest BCUT2D eigenvalue weighted by Gasteiger charge is 2.33. The quantitative estimate of drug-likeness (QED) is 0.215. The molecule has 0 aliphatic heterocycles. The van der Waals surface area contributed by atoms with Crippen LogP contribution in [0.5, 0.6) is 0 Å². The second-order valence-electron chi connectivity index (χ2n) is 8.68. The molecule has 0 saturated carbocycles. The first-order chi connectivity index (χ1) is 19.6. The molecular weight excluding hydrogens is 571 g/mol. The van der Waals surface area contributed by atoms with Gasteiger partial charge >= 0.3 is 24.4 Å². The first-order valence-corrected chi connectivity index (χ1v) is 12.8. The van der Waals surface area contributed by atoms with E-state index in [2.05, 4.69) is 6.58 Å². The molecule has 1 aromatic carbocycles. The van der Waals surface area contributed by atoms with Gasteiger partial charge in [0.25, 0.3) is 0 Å². The molecule has 2 rings (SSSR count). The third-order valence-corrected chi connectivity index (χ3v) is 5.50. The molecule has 42 heavy (non-hydrogen) atoms. The summed E-state index contributed by atoms with van der Waals surface area (Å²) in [5, 5.41) is 9.04. The van der Waals surface area contributed by atoms with Gasteiger partial charge in [-0.2, -0.15) is 26.3 Å². The average Bonchev–Trinajstić information content (AvgIpc) is 3.12. The molecule has 12 heteroatoms. The minimum absolute atomic E-state index is 0.0740. The normalized spacial score (nSPS) is 14.1. The van der Waals surface area contributed by atoms with Gasteiger partial charge in [0.2, 0.25) is 0 Å². The molecule has 0 aromatic heterocycles. The van der Waals surface area contributed by atoms with Gasteiger partial charge in [0.1, 0.15) is 12.4 Å². The Morgan fingerprint density at radius 1 is 1.07 bits per heavy atom. The van der Waals surface area contributed by atoms with Crippen LogP contribution in [0.1, 0.15) is 39.2 Å². The minimum Gasteiger partial charge on any atom is -0.481 e. The summed E-state index contributed by atoms with van der Waals surface area (Å²) in [5.41, 5.74) is -1.73. The van der Waals surface area contributed by atoms with Crippen molar-refractivity contribution in [3.63, 3.8) is 0 Å². The Labute approximate surface area is 239 Å². The summed E-state index contributed by atoms with van der Waals surface area (Å²) in [5.74, 6) is -1.90. The summed E-state index contributed by atoms with van der Waals surface area (Å²) in [6.07, 6.45) is -5.68. The van der Waals surface area contributed by atoms with Crippen LogP contribution in [0.3, 0.4) is 0 Å². The van der Waals surface area contributed by atoms with E-state index in [0.29, 0.717) is 11.6 Å². The van der Waals surface area contributed by atoms with Gasteiger partial charge in [0.15, 0.2) is 0 Å². The number of aliphatic carboxylic acids is 1. The lowest BCUT2D eigenvalue weighted by Crippen LogP contribution is -2.33. The number of alkyl halides is 6. The van der Waals surface area contributed by atoms with Gasteiger partial charge in [-0.25, -0.2) is 9.18 Å². The zero-order valence-corrected chi connectivity index (χ0v) is 23.3. The van der Waals surface area contributed by atoms with E-state index in [1.54, 1.807) is 6.92 Å². The van der Waals surface area contributed by atoms with Gasteiger partial charge in [-0.15, -0.1) is 0 Å². The van der Waals surface area contributed by atoms with Crippen LogP contribution in [-0.2, 0) is 16.1 Å². The minimum atomic E-state index is -4.80. The topological polar surface area (TPSA) is 66.8 Å². The van der Waals surface area contributed by atoms with Crippen LogP contribution in [-0.4, -0.2) is 47.5 Å². The molecule has 1 N–H and O–H groups in total. The van der Waals surface area contributed by atoms with Crippen LogP contribution in [0.25, 0.3) is 0 Å². The second-order valence-corrected chi connectivity index (χ2v) is 8.68. The van der Waals surface area contributed by atoms with Crippen molar-refractivity contribution in [3.05, 3.63) is 107 Å². The molecule has 0 heterocycles. The number of likely N-dealkylation sites (N-methyl/N-ethyl adjacent to an activating group) is 1. The number of nitrogens with zero attached hydrogens (tertiary/aromatic N) is 1. The van der Waals surface area contributed by atoms with Crippen molar-refractivity contribution in [3.8, 4) is 0 Å². The van der Waals surface area contributed by atoms with Crippen LogP contribution in [0, 0.1) is 5.82 Å². The summed E-state index contributed by atoms with van der Waals surface area (Å²) in [7, 11) is 0. The van der Waals surface area contributed by atoms with E-state index >= 15 is 0 Å². The number of hydrogen-bond acceptors (Lipinski definition) is 3. The molecule has 0 bridgehead atoms. The van der Waals surface area contributed by atoms with E-state index in [-0.39, 0.29) is 42.8 Å². The summed E-state index contributed by atoms with van der Waals surface area (Å²) in [6.45, 7) is 8.08. The maximum absolute atomic E-state index is 13.6. The monoisotopic (exact) mass is 603 g/mol. The van der Waals surface area contributed by atoms with Crippen molar-refractivity contribution >= 4 is 12.1 Å². The molecule has 1 aliphatic carbocycles. The summed E-state index contributed by atoms with van der Waals surface area (Å²) in [6, 6.07) is 5.18. The van der Waals surface area contributed by atoms with Crippen molar-refractivity contribution in [1.29, 1.82) is 0 Å². The summed E-state index contributed by atoms with van der Waals surface area (Å²) in [4.78, 5) is 24.9. The number of amides is 1. The van der Waals surface area contributed by atoms with Crippen LogP contribution in [0.15, 0.2) is 95.2 Å². The van der Waals surface area contributed by atoms with Gasteiger partial charge in [-0.05, 0) is 66.0 Å². The highest BCUT2D eigenvalue weighted by molar-refractivity contribution is 5.71. The van der Waals surface area contributed by atoms with Gasteiger partial charge in [-0.3, -0.25) is 4.79 Å². The standard InChI is InChI=1S/C28H26F7NO4.C2H6/c1-3-36(26(39)40-17-20-7-10-24(29)11-8-20)16-22-13-19(6-9-23(14-22)28(33,34)35)4-5-21(15-25(37)38)12-18(2)27(30,31)32;1-2/h4-12,14H,2-3,13,15-17H2,1H3,(H,37,38);1-2H3/b5-4+,21-12+;. The number of benzene rings is 1. The predicted molar refractivity (Wildman–Crippen MR) is 145 cm³/mol. The van der Waals surface area contributed by atoms with Crippen molar-refractivity contribution in [2.45, 2.75) is 52.6 Å². The SMILES string of the molecule is C=C(/C=C(\C=C\C1=CC=C(C(F)(F)F)C=C(CN(CC)C(=O)OCc2ccc(F)cc2)C1)CC(=O)O)C(F)(F)F.CC. The van der Waals surface area contributed by atoms with Gasteiger partial charge in [-0.1, -0.05) is 50.8 Å². The Hall–Kier alpha value is -4.09. The fourth-order valence-corrected chi connectivity index (χ4v) is 3.45. The third-order valence-electron chi connectivity index (χ3n) is 5.50. The maximum atomic E-state index is 13.6. The largest absolute Gasteiger partial charge is 0.481 e. The van der Waals surface area contributed by atoms with Crippen LogP contribution in [0.2, 0.25) is 0 Å². The number of rotatable bonds is 10. The molecule has 230 valence electrons. The number of halogens is 7. The molecule has 0 radical (unpaired) electrons. The lowest BCUT2D eigenvalue weighted by Gasteiger charge is -2.22. The Morgan fingerprint density at radius 3 is 2.21 bits per heavy atom. The molecule has 0 unspecified atom stereocenters. The Bertz CT molecular complexity index is 1250. The van der Waals surface area contributed by atoms with E-state index in [1.165, 1.54) is 30.3 Å². The molecule has 1 aliphatic rings. The number of allylic oxidation sites excluding steroid dienone is 9. The van der Waals surface area contributed by atoms with Crippen molar-refractivity contribution in [1.82, 2.24) is 4.90 Å². The molecule has 0 spiro atoms. The number of carbonyl (C=O) groups excluding carboxylic acids is 1. The Kier molecular flexibility index (Phi) is 14.0. The summed E-state index contributed by atoms with van der Waals surface area (Å²) >= 11 is 0. The fraction of sp³-hybridized carbons (Fsp3) is 0.333. The fourth-order valence-electron chi connectivity index (χ4n) is 3.45. The lowest BCUT2D eigenvalue weighted by molar-refractivity contribution is -0.136. The Morgan fingerprint density at radius 2 is 1.69 bits per heavy atom. The van der Waals surface area contributed by atoms with Crippen molar-refractivity contribution in [2.75, 3.05) is 13.1 Å². The zero-order valence-electron chi connectivity index (χ0n) is 23.3. The highest BCUT2D eigenvalue weighted by atomic mass is 19.4. The Balaban J connectivity index is 0.00000431. The lowest BCUT2D eigenvalue weighted by atomic mass is 10.0. The molecule has 0 saturated heterocycles. The van der Waals surface area contributed by atoms with E-state index in [1.807, 2.05) is 13.8 Å². The molecule has 0 fully saturated rings. The van der Waals surface area contributed by atoms with Gasteiger partial charge in [0.05, 0.1) is 12.0 Å². The second kappa shape index (κ2) is 16.4. The van der Waals surface area contributed by atoms with E-state index in [4.69, 9.17) is 9.84 Å². The van der Waals surface area contributed by atoms with Crippen LogP contribution >= 0.6 is 0 Å². The number of carbonyl (C=O) groups is 2. The number of hydrogen-bond donors (Lipinski definition) is 1. The predicted octanol–water partition coefficient (Wildman–Crippen LogP) is 8.63. The maximum Gasteiger partial charge on any atom is 0.416 e. The average molecular weight is 604 g/mol. The number of ether oxygens (including phenoxy) is 1. The molecule has 1 aromatic rings. The van der Waals surface area contributed by atoms with Crippen molar-refractivity contribution in [2.24, 2.45) is 0 Å². The number of carboxylic acids is 1. The first-order valence-electron chi connectivity index (χ1n) is 12.8.